The minimum Gasteiger partial charge on any atom is -0.493 e. The van der Waals surface area contributed by atoms with Crippen LogP contribution in [-0.2, 0) is 4.79 Å². The number of nitrogens with zero attached hydrogens (tertiary/aromatic N) is 1. The van der Waals surface area contributed by atoms with Gasteiger partial charge in [-0.2, -0.15) is 0 Å². The first kappa shape index (κ1) is 18.6. The molecular weight excluding hydrogens is 397 g/mol. The van der Waals surface area contributed by atoms with E-state index in [-0.39, 0.29) is 10.1 Å². The van der Waals surface area contributed by atoms with Crippen molar-refractivity contribution < 1.29 is 19.1 Å². The Morgan fingerprint density at radius 3 is 2.23 bits per heavy atom. The maximum atomic E-state index is 12.7. The van der Waals surface area contributed by atoms with Gasteiger partial charge in [-0.15, -0.1) is 0 Å². The van der Waals surface area contributed by atoms with Gasteiger partial charge in [-0.25, -0.2) is 4.90 Å². The molecule has 0 saturated carbocycles. The molecule has 1 saturated heterocycles. The standard InChI is InChI=1S/C18H13Cl2NO4S/c1-24-14-7-10(13(20)9-15(14)25-2)8-16-17(22)21(18(23)26-16)12-5-3-11(19)4-6-12/h3-9H,1-2H3/b16-8-. The van der Waals surface area contributed by atoms with Gasteiger partial charge in [0.25, 0.3) is 11.1 Å². The molecule has 3 rings (SSSR count). The predicted molar refractivity (Wildman–Crippen MR) is 104 cm³/mol. The third kappa shape index (κ3) is 3.53. The highest BCUT2D eigenvalue weighted by atomic mass is 35.5. The van der Waals surface area contributed by atoms with Crippen LogP contribution < -0.4 is 14.4 Å². The average molecular weight is 410 g/mol. The molecule has 8 heteroatoms. The number of hydrogen-bond donors (Lipinski definition) is 0. The van der Waals surface area contributed by atoms with Gasteiger partial charge in [0.1, 0.15) is 0 Å². The first-order chi connectivity index (χ1) is 12.4. The van der Waals surface area contributed by atoms with Gasteiger partial charge in [-0.3, -0.25) is 9.59 Å². The van der Waals surface area contributed by atoms with E-state index < -0.39 is 5.91 Å². The molecule has 0 aliphatic carbocycles. The number of amides is 2. The van der Waals surface area contributed by atoms with Crippen LogP contribution in [0.4, 0.5) is 10.5 Å². The van der Waals surface area contributed by atoms with E-state index in [2.05, 4.69) is 0 Å². The lowest BCUT2D eigenvalue weighted by atomic mass is 10.1. The number of halogens is 2. The number of benzene rings is 2. The number of thioether (sulfide) groups is 1. The van der Waals surface area contributed by atoms with Crippen LogP contribution >= 0.6 is 35.0 Å². The Bertz CT molecular complexity index is 912. The van der Waals surface area contributed by atoms with Gasteiger partial charge in [0.15, 0.2) is 11.5 Å². The lowest BCUT2D eigenvalue weighted by molar-refractivity contribution is -0.113. The maximum Gasteiger partial charge on any atom is 0.298 e. The Hall–Kier alpha value is -2.15. The Morgan fingerprint density at radius 2 is 1.62 bits per heavy atom. The molecule has 0 N–H and O–H groups in total. The van der Waals surface area contributed by atoms with E-state index in [4.69, 9.17) is 32.7 Å². The summed E-state index contributed by atoms with van der Waals surface area (Å²) >= 11 is 13.0. The van der Waals surface area contributed by atoms with Crippen molar-refractivity contribution in [3.8, 4) is 11.5 Å². The fourth-order valence-electron chi connectivity index (χ4n) is 2.40. The number of anilines is 1. The fraction of sp³-hybridized carbons (Fsp3) is 0.111. The minimum atomic E-state index is -0.423. The number of rotatable bonds is 4. The van der Waals surface area contributed by atoms with E-state index in [9.17, 15) is 9.59 Å². The number of carbonyl (C=O) groups excluding carboxylic acids is 2. The molecule has 1 fully saturated rings. The van der Waals surface area contributed by atoms with Gasteiger partial charge in [-0.05, 0) is 53.7 Å². The summed E-state index contributed by atoms with van der Waals surface area (Å²) in [6, 6.07) is 9.72. The van der Waals surface area contributed by atoms with E-state index in [0.29, 0.717) is 32.8 Å². The monoisotopic (exact) mass is 409 g/mol. The van der Waals surface area contributed by atoms with Crippen LogP contribution in [0.1, 0.15) is 5.56 Å². The van der Waals surface area contributed by atoms with Crippen molar-refractivity contribution in [1.29, 1.82) is 0 Å². The summed E-state index contributed by atoms with van der Waals surface area (Å²) in [4.78, 5) is 26.3. The highest BCUT2D eigenvalue weighted by Gasteiger charge is 2.36. The third-order valence-corrected chi connectivity index (χ3v) is 5.12. The van der Waals surface area contributed by atoms with E-state index in [1.807, 2.05) is 0 Å². The second-order valence-electron chi connectivity index (χ2n) is 5.22. The molecule has 0 bridgehead atoms. The Kier molecular flexibility index (Phi) is 5.46. The van der Waals surface area contributed by atoms with Crippen LogP contribution in [0, 0.1) is 0 Å². The maximum absolute atomic E-state index is 12.7. The van der Waals surface area contributed by atoms with E-state index >= 15 is 0 Å². The van der Waals surface area contributed by atoms with Gasteiger partial charge < -0.3 is 9.47 Å². The second kappa shape index (κ2) is 7.61. The highest BCUT2D eigenvalue weighted by molar-refractivity contribution is 8.19. The fourth-order valence-corrected chi connectivity index (χ4v) is 3.57. The highest BCUT2D eigenvalue weighted by Crippen LogP contribution is 2.39. The zero-order valence-electron chi connectivity index (χ0n) is 13.8. The summed E-state index contributed by atoms with van der Waals surface area (Å²) in [6.07, 6.45) is 1.56. The van der Waals surface area contributed by atoms with Crippen molar-refractivity contribution in [2.24, 2.45) is 0 Å². The van der Waals surface area contributed by atoms with Gasteiger partial charge in [0, 0.05) is 11.1 Å². The van der Waals surface area contributed by atoms with E-state index in [0.717, 1.165) is 16.7 Å². The Labute approximate surface area is 164 Å². The second-order valence-corrected chi connectivity index (χ2v) is 7.06. The van der Waals surface area contributed by atoms with E-state index in [1.165, 1.54) is 14.2 Å². The van der Waals surface area contributed by atoms with Gasteiger partial charge in [0.05, 0.1) is 29.8 Å². The van der Waals surface area contributed by atoms with Crippen LogP contribution in [0.2, 0.25) is 10.0 Å². The smallest absolute Gasteiger partial charge is 0.298 e. The van der Waals surface area contributed by atoms with Crippen molar-refractivity contribution in [1.82, 2.24) is 0 Å². The zero-order valence-corrected chi connectivity index (χ0v) is 16.1. The van der Waals surface area contributed by atoms with Crippen LogP contribution in [-0.4, -0.2) is 25.4 Å². The molecule has 5 nitrogen and oxygen atoms in total. The topological polar surface area (TPSA) is 55.8 Å². The molecular formula is C18H13Cl2NO4S. The Balaban J connectivity index is 1.97. The zero-order chi connectivity index (χ0) is 18.8. The minimum absolute atomic E-state index is 0.263. The number of carbonyl (C=O) groups is 2. The quantitative estimate of drug-likeness (QED) is 0.645. The van der Waals surface area contributed by atoms with Gasteiger partial charge in [-0.1, -0.05) is 23.2 Å². The molecule has 2 aromatic rings. The largest absolute Gasteiger partial charge is 0.493 e. The van der Waals surface area contributed by atoms with Crippen molar-refractivity contribution in [2.45, 2.75) is 0 Å². The number of hydrogen-bond acceptors (Lipinski definition) is 5. The first-order valence-corrected chi connectivity index (χ1v) is 8.97. The Morgan fingerprint density at radius 1 is 1.00 bits per heavy atom. The van der Waals surface area contributed by atoms with Crippen molar-refractivity contribution >= 4 is 57.9 Å². The van der Waals surface area contributed by atoms with Gasteiger partial charge >= 0.3 is 0 Å². The summed E-state index contributed by atoms with van der Waals surface area (Å²) < 4.78 is 10.4. The summed E-state index contributed by atoms with van der Waals surface area (Å²) in [5, 5.41) is 0.509. The molecule has 0 unspecified atom stereocenters. The SMILES string of the molecule is COc1cc(Cl)c(/C=C2\SC(=O)N(c3ccc(Cl)cc3)C2=O)cc1OC. The summed E-state index contributed by atoms with van der Waals surface area (Å²) in [5.74, 6) is 0.525. The van der Waals surface area contributed by atoms with E-state index in [1.54, 1.807) is 42.5 Å². The summed E-state index contributed by atoms with van der Waals surface area (Å²) in [6.45, 7) is 0. The van der Waals surface area contributed by atoms with Gasteiger partial charge in [0.2, 0.25) is 0 Å². The lowest BCUT2D eigenvalue weighted by Crippen LogP contribution is -2.27. The number of imide groups is 1. The van der Waals surface area contributed by atoms with Crippen LogP contribution in [0.25, 0.3) is 6.08 Å². The van der Waals surface area contributed by atoms with Crippen LogP contribution in [0.3, 0.4) is 0 Å². The van der Waals surface area contributed by atoms with Crippen molar-refractivity contribution in [2.75, 3.05) is 19.1 Å². The average Bonchev–Trinajstić information content (AvgIpc) is 2.90. The molecule has 0 atom stereocenters. The van der Waals surface area contributed by atoms with Crippen molar-refractivity contribution in [3.63, 3.8) is 0 Å². The molecule has 1 aliphatic heterocycles. The molecule has 0 radical (unpaired) electrons. The molecule has 0 spiro atoms. The number of ether oxygens (including phenoxy) is 2. The molecule has 26 heavy (non-hydrogen) atoms. The predicted octanol–water partition coefficient (Wildman–Crippen LogP) is 5.25. The summed E-state index contributed by atoms with van der Waals surface area (Å²) in [7, 11) is 3.01. The molecule has 2 amide bonds. The molecule has 2 aromatic carbocycles. The molecule has 1 aliphatic rings. The van der Waals surface area contributed by atoms with Crippen LogP contribution in [0.15, 0.2) is 41.3 Å². The molecule has 1 heterocycles. The number of methoxy groups -OCH3 is 2. The van der Waals surface area contributed by atoms with Crippen LogP contribution in [0.5, 0.6) is 11.5 Å². The molecule has 0 aromatic heterocycles. The van der Waals surface area contributed by atoms with Crippen molar-refractivity contribution in [3.05, 3.63) is 56.9 Å². The first-order valence-electron chi connectivity index (χ1n) is 7.39. The lowest BCUT2D eigenvalue weighted by Gasteiger charge is -2.12. The molecule has 134 valence electrons. The third-order valence-electron chi connectivity index (χ3n) is 3.67. The summed E-state index contributed by atoms with van der Waals surface area (Å²) in [5.41, 5.74) is 1.00. The normalized spacial score (nSPS) is 15.7.